The number of nitrogens with zero attached hydrogens (tertiary/aromatic N) is 2. The molecule has 28 heavy (non-hydrogen) atoms. The molecule has 0 radical (unpaired) electrons. The van der Waals surface area contributed by atoms with E-state index in [0.717, 1.165) is 23.3 Å². The van der Waals surface area contributed by atoms with Crippen molar-refractivity contribution >= 4 is 17.0 Å². The first-order valence-corrected chi connectivity index (χ1v) is 9.06. The Morgan fingerprint density at radius 1 is 1.04 bits per heavy atom. The van der Waals surface area contributed by atoms with Crippen LogP contribution in [0.2, 0.25) is 0 Å². The van der Waals surface area contributed by atoms with E-state index in [1.165, 1.54) is 5.56 Å². The van der Waals surface area contributed by atoms with Crippen molar-refractivity contribution in [3.05, 3.63) is 82.8 Å². The lowest BCUT2D eigenvalue weighted by molar-refractivity contribution is 0.415. The van der Waals surface area contributed by atoms with Crippen molar-refractivity contribution in [1.29, 1.82) is 0 Å². The second kappa shape index (κ2) is 7.92. The minimum Gasteiger partial charge on any atom is -0.497 e. The van der Waals surface area contributed by atoms with Crippen LogP contribution in [0.1, 0.15) is 5.56 Å². The molecule has 0 atom stereocenters. The molecule has 0 saturated carbocycles. The molecule has 0 spiro atoms. The van der Waals surface area contributed by atoms with Crippen molar-refractivity contribution in [3.8, 4) is 16.9 Å². The largest absolute Gasteiger partial charge is 0.497 e. The Balaban J connectivity index is 1.61. The molecule has 0 saturated heterocycles. The SMILES string of the molecule is COc1ccc(-c2ccnc3nc(NCCc4ccccc4)[nH]c(=O)c23)cc1. The Hall–Kier alpha value is -3.67. The van der Waals surface area contributed by atoms with Crippen LogP contribution in [0.5, 0.6) is 5.75 Å². The van der Waals surface area contributed by atoms with Crippen molar-refractivity contribution in [3.63, 3.8) is 0 Å². The van der Waals surface area contributed by atoms with Crippen molar-refractivity contribution in [2.24, 2.45) is 0 Å². The lowest BCUT2D eigenvalue weighted by atomic mass is 10.0. The van der Waals surface area contributed by atoms with Gasteiger partial charge in [0.05, 0.1) is 12.5 Å². The summed E-state index contributed by atoms with van der Waals surface area (Å²) >= 11 is 0. The van der Waals surface area contributed by atoms with Gasteiger partial charge in [-0.15, -0.1) is 0 Å². The Labute approximate surface area is 162 Å². The maximum atomic E-state index is 12.7. The summed E-state index contributed by atoms with van der Waals surface area (Å²) in [6.45, 7) is 0.663. The highest BCUT2D eigenvalue weighted by atomic mass is 16.5. The number of pyridine rings is 1. The normalized spacial score (nSPS) is 10.8. The van der Waals surface area contributed by atoms with Crippen LogP contribution in [-0.2, 0) is 6.42 Å². The van der Waals surface area contributed by atoms with Crippen LogP contribution in [0.15, 0.2) is 71.7 Å². The molecule has 0 amide bonds. The lowest BCUT2D eigenvalue weighted by Crippen LogP contribution is -2.16. The molecule has 0 fully saturated rings. The van der Waals surface area contributed by atoms with Crippen LogP contribution in [0.25, 0.3) is 22.2 Å². The van der Waals surface area contributed by atoms with Crippen molar-refractivity contribution < 1.29 is 4.74 Å². The average molecular weight is 372 g/mol. The summed E-state index contributed by atoms with van der Waals surface area (Å²) < 4.78 is 5.20. The molecule has 2 aromatic carbocycles. The second-order valence-corrected chi connectivity index (χ2v) is 6.36. The zero-order valence-electron chi connectivity index (χ0n) is 15.5. The Bertz CT molecular complexity index is 1140. The lowest BCUT2D eigenvalue weighted by Gasteiger charge is -2.09. The average Bonchev–Trinajstić information content (AvgIpc) is 2.74. The number of methoxy groups -OCH3 is 1. The monoisotopic (exact) mass is 372 g/mol. The predicted octanol–water partition coefficient (Wildman–Crippen LogP) is 3.65. The fourth-order valence-corrected chi connectivity index (χ4v) is 3.13. The van der Waals surface area contributed by atoms with Gasteiger partial charge < -0.3 is 10.1 Å². The topological polar surface area (TPSA) is 79.9 Å². The number of anilines is 1. The summed E-state index contributed by atoms with van der Waals surface area (Å²) in [6, 6.07) is 19.5. The molecule has 0 aliphatic rings. The molecule has 0 bridgehead atoms. The standard InChI is InChI=1S/C22H20N4O2/c1-28-17-9-7-16(8-10-17)18-12-14-23-20-19(18)21(27)26-22(25-20)24-13-11-15-5-3-2-4-6-15/h2-10,12,14H,11,13H2,1H3,(H2,23,24,25,26,27). The van der Waals surface area contributed by atoms with Gasteiger partial charge in [0.2, 0.25) is 5.95 Å². The van der Waals surface area contributed by atoms with Crippen LogP contribution in [0.3, 0.4) is 0 Å². The Morgan fingerprint density at radius 3 is 2.57 bits per heavy atom. The van der Waals surface area contributed by atoms with Crippen molar-refractivity contribution in [2.75, 3.05) is 19.0 Å². The zero-order chi connectivity index (χ0) is 19.3. The van der Waals surface area contributed by atoms with E-state index in [-0.39, 0.29) is 5.56 Å². The third-order valence-corrected chi connectivity index (χ3v) is 4.56. The number of nitrogens with one attached hydrogen (secondary N) is 2. The summed E-state index contributed by atoms with van der Waals surface area (Å²) in [5.74, 6) is 1.19. The van der Waals surface area contributed by atoms with Gasteiger partial charge in [-0.25, -0.2) is 4.98 Å². The van der Waals surface area contributed by atoms with Gasteiger partial charge in [0, 0.05) is 12.7 Å². The van der Waals surface area contributed by atoms with Gasteiger partial charge in [0.1, 0.15) is 5.75 Å². The number of ether oxygens (including phenoxy) is 1. The highest BCUT2D eigenvalue weighted by molar-refractivity contribution is 5.92. The number of aromatic nitrogens is 3. The van der Waals surface area contributed by atoms with Gasteiger partial charge in [-0.3, -0.25) is 9.78 Å². The Morgan fingerprint density at radius 2 is 1.82 bits per heavy atom. The first-order chi connectivity index (χ1) is 13.7. The smallest absolute Gasteiger partial charge is 0.262 e. The highest BCUT2D eigenvalue weighted by Gasteiger charge is 2.11. The van der Waals surface area contributed by atoms with E-state index in [9.17, 15) is 4.79 Å². The number of hydrogen-bond acceptors (Lipinski definition) is 5. The molecule has 2 N–H and O–H groups in total. The number of hydrogen-bond donors (Lipinski definition) is 2. The molecule has 6 nitrogen and oxygen atoms in total. The Kier molecular flexibility index (Phi) is 5.01. The summed E-state index contributed by atoms with van der Waals surface area (Å²) in [4.78, 5) is 24.4. The van der Waals surface area contributed by atoms with E-state index in [2.05, 4.69) is 32.4 Å². The van der Waals surface area contributed by atoms with Gasteiger partial charge in [-0.2, -0.15) is 4.98 Å². The molecular weight excluding hydrogens is 352 g/mol. The number of fused-ring (bicyclic) bond motifs is 1. The van der Waals surface area contributed by atoms with E-state index in [1.54, 1.807) is 13.3 Å². The molecular formula is C22H20N4O2. The molecule has 2 aromatic heterocycles. The zero-order valence-corrected chi connectivity index (χ0v) is 15.5. The quantitative estimate of drug-likeness (QED) is 0.540. The van der Waals surface area contributed by atoms with E-state index in [4.69, 9.17) is 4.74 Å². The number of H-pyrrole nitrogens is 1. The molecule has 2 heterocycles. The maximum absolute atomic E-state index is 12.7. The first-order valence-electron chi connectivity index (χ1n) is 9.06. The summed E-state index contributed by atoms with van der Waals surface area (Å²) in [7, 11) is 1.62. The van der Waals surface area contributed by atoms with Gasteiger partial charge in [0.15, 0.2) is 5.65 Å². The van der Waals surface area contributed by atoms with Gasteiger partial charge >= 0.3 is 0 Å². The molecule has 0 aliphatic heterocycles. The third kappa shape index (κ3) is 3.71. The van der Waals surface area contributed by atoms with Crippen LogP contribution in [-0.4, -0.2) is 28.6 Å². The summed E-state index contributed by atoms with van der Waals surface area (Å²) in [6.07, 6.45) is 2.50. The van der Waals surface area contributed by atoms with E-state index in [0.29, 0.717) is 23.5 Å². The minimum absolute atomic E-state index is 0.217. The van der Waals surface area contributed by atoms with E-state index >= 15 is 0 Å². The van der Waals surface area contributed by atoms with Crippen LogP contribution in [0.4, 0.5) is 5.95 Å². The fraction of sp³-hybridized carbons (Fsp3) is 0.136. The molecule has 140 valence electrons. The van der Waals surface area contributed by atoms with Crippen molar-refractivity contribution in [2.45, 2.75) is 6.42 Å². The van der Waals surface area contributed by atoms with Gasteiger partial charge in [-0.1, -0.05) is 42.5 Å². The van der Waals surface area contributed by atoms with E-state index in [1.807, 2.05) is 48.5 Å². The number of rotatable bonds is 6. The molecule has 0 unspecified atom stereocenters. The fourth-order valence-electron chi connectivity index (χ4n) is 3.13. The summed E-state index contributed by atoms with van der Waals surface area (Å²) in [5, 5.41) is 3.65. The van der Waals surface area contributed by atoms with Gasteiger partial charge in [-0.05, 0) is 41.3 Å². The number of aromatic amines is 1. The van der Waals surface area contributed by atoms with E-state index < -0.39 is 0 Å². The molecule has 4 aromatic rings. The number of benzene rings is 2. The second-order valence-electron chi connectivity index (χ2n) is 6.36. The molecule has 0 aliphatic carbocycles. The predicted molar refractivity (Wildman–Crippen MR) is 111 cm³/mol. The first kappa shape index (κ1) is 17.7. The molecule has 4 rings (SSSR count). The van der Waals surface area contributed by atoms with Crippen LogP contribution < -0.4 is 15.6 Å². The van der Waals surface area contributed by atoms with Gasteiger partial charge in [0.25, 0.3) is 5.56 Å². The molecule has 6 heteroatoms. The van der Waals surface area contributed by atoms with Crippen LogP contribution in [0, 0.1) is 0 Å². The minimum atomic E-state index is -0.217. The van der Waals surface area contributed by atoms with Crippen LogP contribution >= 0.6 is 0 Å². The summed E-state index contributed by atoms with van der Waals surface area (Å²) in [5.41, 5.74) is 3.12. The third-order valence-electron chi connectivity index (χ3n) is 4.56. The van der Waals surface area contributed by atoms with Crippen molar-refractivity contribution in [1.82, 2.24) is 15.0 Å². The highest BCUT2D eigenvalue weighted by Crippen LogP contribution is 2.26. The maximum Gasteiger partial charge on any atom is 0.262 e.